The molecule has 1 unspecified atom stereocenters. The van der Waals surface area contributed by atoms with Crippen molar-refractivity contribution < 1.29 is 8.42 Å². The molecule has 1 heterocycles. The molecule has 1 atom stereocenters. The van der Waals surface area contributed by atoms with Crippen LogP contribution in [0.3, 0.4) is 0 Å². The molecule has 1 rings (SSSR count). The highest BCUT2D eigenvalue weighted by atomic mass is 35.5. The summed E-state index contributed by atoms with van der Waals surface area (Å²) in [6.45, 7) is 2.37. The van der Waals surface area contributed by atoms with Crippen LogP contribution in [0, 0.1) is 0 Å². The first-order chi connectivity index (χ1) is 8.76. The van der Waals surface area contributed by atoms with Gasteiger partial charge in [-0.15, -0.1) is 0 Å². The number of halogens is 1. The van der Waals surface area contributed by atoms with Gasteiger partial charge >= 0.3 is 0 Å². The molecule has 4 N–H and O–H groups in total. The lowest BCUT2D eigenvalue weighted by Crippen LogP contribution is -2.39. The molecule has 19 heavy (non-hydrogen) atoms. The maximum atomic E-state index is 12.1. The average Bonchev–Trinajstić information content (AvgIpc) is 2.26. The SMILES string of the molecule is CC(CN(C)C)NS(=O)(=O)c1cnc(NN)c(Cl)c1. The van der Waals surface area contributed by atoms with Crippen molar-refractivity contribution in [2.75, 3.05) is 26.1 Å². The molecule has 0 saturated heterocycles. The maximum absolute atomic E-state index is 12.1. The fourth-order valence-corrected chi connectivity index (χ4v) is 3.08. The summed E-state index contributed by atoms with van der Waals surface area (Å²) in [5.74, 6) is 5.40. The molecule has 1 aromatic heterocycles. The molecule has 0 aliphatic rings. The van der Waals surface area contributed by atoms with E-state index in [1.54, 1.807) is 6.92 Å². The molecular weight excluding hydrogens is 290 g/mol. The monoisotopic (exact) mass is 307 g/mol. The Morgan fingerprint density at radius 2 is 2.16 bits per heavy atom. The Morgan fingerprint density at radius 3 is 2.63 bits per heavy atom. The van der Waals surface area contributed by atoms with E-state index >= 15 is 0 Å². The molecule has 0 fully saturated rings. The molecule has 0 aromatic carbocycles. The number of sulfonamides is 1. The molecule has 0 aliphatic heterocycles. The van der Waals surface area contributed by atoms with E-state index in [4.69, 9.17) is 17.4 Å². The van der Waals surface area contributed by atoms with Crippen molar-refractivity contribution in [1.29, 1.82) is 0 Å². The quantitative estimate of drug-likeness (QED) is 0.514. The fraction of sp³-hybridized carbons (Fsp3) is 0.500. The van der Waals surface area contributed by atoms with Crippen molar-refractivity contribution in [3.8, 4) is 0 Å². The molecule has 0 spiro atoms. The van der Waals surface area contributed by atoms with Gasteiger partial charge < -0.3 is 10.3 Å². The largest absolute Gasteiger partial charge is 0.308 e. The zero-order valence-corrected chi connectivity index (χ0v) is 12.6. The van der Waals surface area contributed by atoms with E-state index in [-0.39, 0.29) is 21.8 Å². The summed E-state index contributed by atoms with van der Waals surface area (Å²) in [4.78, 5) is 5.72. The lowest BCUT2D eigenvalue weighted by Gasteiger charge is -2.18. The first-order valence-electron chi connectivity index (χ1n) is 5.55. The van der Waals surface area contributed by atoms with Crippen LogP contribution in [0.25, 0.3) is 0 Å². The minimum Gasteiger partial charge on any atom is -0.308 e. The van der Waals surface area contributed by atoms with Crippen molar-refractivity contribution in [3.63, 3.8) is 0 Å². The number of hydrogen-bond donors (Lipinski definition) is 3. The van der Waals surface area contributed by atoms with Crippen LogP contribution >= 0.6 is 11.6 Å². The second kappa shape index (κ2) is 6.49. The van der Waals surface area contributed by atoms with E-state index < -0.39 is 10.0 Å². The van der Waals surface area contributed by atoms with Gasteiger partial charge in [-0.2, -0.15) is 0 Å². The highest BCUT2D eigenvalue weighted by Gasteiger charge is 2.19. The van der Waals surface area contributed by atoms with Crippen LogP contribution in [0.4, 0.5) is 5.82 Å². The lowest BCUT2D eigenvalue weighted by molar-refractivity contribution is 0.370. The molecule has 0 aliphatic carbocycles. The Kier molecular flexibility index (Phi) is 5.50. The second-order valence-corrected chi connectivity index (χ2v) is 6.55. The molecule has 9 heteroatoms. The highest BCUT2D eigenvalue weighted by molar-refractivity contribution is 7.89. The number of anilines is 1. The van der Waals surface area contributed by atoms with Crippen LogP contribution in [0.1, 0.15) is 6.92 Å². The van der Waals surface area contributed by atoms with Gasteiger partial charge in [-0.05, 0) is 27.1 Å². The van der Waals surface area contributed by atoms with Gasteiger partial charge in [0.15, 0.2) is 5.82 Å². The molecule has 108 valence electrons. The number of rotatable bonds is 6. The van der Waals surface area contributed by atoms with Crippen LogP contribution in [-0.4, -0.2) is 45.0 Å². The number of hydrazine groups is 1. The van der Waals surface area contributed by atoms with Crippen molar-refractivity contribution in [2.24, 2.45) is 5.84 Å². The summed E-state index contributed by atoms with van der Waals surface area (Å²) in [6, 6.07) is 1.07. The number of likely N-dealkylation sites (N-methyl/N-ethyl adjacent to an activating group) is 1. The number of aromatic nitrogens is 1. The molecule has 1 aromatic rings. The summed E-state index contributed by atoms with van der Waals surface area (Å²) < 4.78 is 26.7. The molecule has 0 amide bonds. The van der Waals surface area contributed by atoms with Gasteiger partial charge in [0.25, 0.3) is 0 Å². The predicted molar refractivity (Wildman–Crippen MR) is 75.4 cm³/mol. The lowest BCUT2D eigenvalue weighted by atomic mass is 10.3. The number of hydrogen-bond acceptors (Lipinski definition) is 6. The smallest absolute Gasteiger partial charge is 0.242 e. The minimum atomic E-state index is -3.64. The van der Waals surface area contributed by atoms with E-state index in [2.05, 4.69) is 15.1 Å². The zero-order valence-electron chi connectivity index (χ0n) is 11.0. The third-order valence-corrected chi connectivity index (χ3v) is 4.10. The van der Waals surface area contributed by atoms with Crippen LogP contribution in [0.2, 0.25) is 5.02 Å². The Balaban J connectivity index is 2.91. The van der Waals surface area contributed by atoms with Gasteiger partial charge in [0.2, 0.25) is 10.0 Å². The highest BCUT2D eigenvalue weighted by Crippen LogP contribution is 2.21. The predicted octanol–water partition coefficient (Wildman–Crippen LogP) is 0.249. The number of nitrogens with zero attached hydrogens (tertiary/aromatic N) is 2. The van der Waals surface area contributed by atoms with Crippen molar-refractivity contribution >= 4 is 27.4 Å². The molecule has 7 nitrogen and oxygen atoms in total. The topological polar surface area (TPSA) is 100 Å². The van der Waals surface area contributed by atoms with Gasteiger partial charge in [-0.3, -0.25) is 0 Å². The summed E-state index contributed by atoms with van der Waals surface area (Å²) in [5.41, 5.74) is 2.28. The van der Waals surface area contributed by atoms with Gasteiger partial charge in [0, 0.05) is 18.8 Å². The van der Waals surface area contributed by atoms with E-state index in [0.717, 1.165) is 0 Å². The van der Waals surface area contributed by atoms with Crippen molar-refractivity contribution in [1.82, 2.24) is 14.6 Å². The number of nitrogen functional groups attached to an aromatic ring is 1. The Hall–Kier alpha value is -0.930. The normalized spacial score (nSPS) is 13.6. The molecular formula is C10H18ClN5O2S. The van der Waals surface area contributed by atoms with Crippen molar-refractivity contribution in [2.45, 2.75) is 17.9 Å². The van der Waals surface area contributed by atoms with Crippen LogP contribution < -0.4 is 16.0 Å². The average molecular weight is 308 g/mol. The Morgan fingerprint density at radius 1 is 1.53 bits per heavy atom. The number of pyridine rings is 1. The van der Waals surface area contributed by atoms with E-state index in [0.29, 0.717) is 6.54 Å². The van der Waals surface area contributed by atoms with Gasteiger partial charge in [-0.25, -0.2) is 24.0 Å². The third-order valence-electron chi connectivity index (χ3n) is 2.26. The van der Waals surface area contributed by atoms with Crippen LogP contribution in [0.15, 0.2) is 17.2 Å². The first-order valence-corrected chi connectivity index (χ1v) is 7.41. The molecule has 0 bridgehead atoms. The Bertz CT molecular complexity index is 535. The standard InChI is InChI=1S/C10H18ClN5O2S/c1-7(6-16(2)3)15-19(17,18)8-4-9(11)10(14-12)13-5-8/h4-5,7,15H,6,12H2,1-3H3,(H,13,14). The fourth-order valence-electron chi connectivity index (χ4n) is 1.59. The summed E-state index contributed by atoms with van der Waals surface area (Å²) >= 11 is 5.85. The molecule has 0 radical (unpaired) electrons. The second-order valence-electron chi connectivity index (χ2n) is 4.43. The summed E-state index contributed by atoms with van der Waals surface area (Å²) in [5, 5.41) is 0.144. The van der Waals surface area contributed by atoms with Crippen LogP contribution in [0.5, 0.6) is 0 Å². The number of nitrogens with two attached hydrogens (primary N) is 1. The summed E-state index contributed by atoms with van der Waals surface area (Å²) in [6.07, 6.45) is 1.20. The maximum Gasteiger partial charge on any atom is 0.242 e. The van der Waals surface area contributed by atoms with Crippen molar-refractivity contribution in [3.05, 3.63) is 17.3 Å². The summed E-state index contributed by atoms with van der Waals surface area (Å²) in [7, 11) is 0.0872. The zero-order chi connectivity index (χ0) is 14.6. The van der Waals surface area contributed by atoms with E-state index in [1.807, 2.05) is 19.0 Å². The minimum absolute atomic E-state index is 0.00195. The van der Waals surface area contributed by atoms with Crippen LogP contribution in [-0.2, 0) is 10.0 Å². The van der Waals surface area contributed by atoms with Gasteiger partial charge in [-0.1, -0.05) is 11.6 Å². The number of nitrogens with one attached hydrogen (secondary N) is 2. The van der Waals surface area contributed by atoms with Gasteiger partial charge in [0.05, 0.1) is 5.02 Å². The first kappa shape index (κ1) is 16.1. The van der Waals surface area contributed by atoms with Gasteiger partial charge in [0.1, 0.15) is 4.90 Å². The van der Waals surface area contributed by atoms with E-state index in [1.165, 1.54) is 12.3 Å². The Labute approximate surface area is 118 Å². The molecule has 0 saturated carbocycles. The third kappa shape index (κ3) is 4.59. The van der Waals surface area contributed by atoms with E-state index in [9.17, 15) is 8.42 Å².